The molecule has 2 fully saturated rings. The average Bonchev–Trinajstić information content (AvgIpc) is 3.45. The number of rotatable bonds is 9. The van der Waals surface area contributed by atoms with Gasteiger partial charge in [0.05, 0.1) is 35.1 Å². The molecule has 3 aromatic heterocycles. The van der Waals surface area contributed by atoms with Gasteiger partial charge in [0.25, 0.3) is 5.91 Å². The first-order valence-corrected chi connectivity index (χ1v) is 14.4. The monoisotopic (exact) mass is 559 g/mol. The van der Waals surface area contributed by atoms with Crippen LogP contribution in [0, 0.1) is 11.8 Å². The summed E-state index contributed by atoms with van der Waals surface area (Å²) in [5.41, 5.74) is 10.4. The number of hydrogen-bond donors (Lipinski definition) is 2. The van der Waals surface area contributed by atoms with Gasteiger partial charge in [0.1, 0.15) is 17.9 Å². The van der Waals surface area contributed by atoms with Gasteiger partial charge in [-0.25, -0.2) is 14.4 Å². The lowest BCUT2D eigenvalue weighted by Gasteiger charge is -2.29. The summed E-state index contributed by atoms with van der Waals surface area (Å²) in [5.74, 6) is 2.23. The number of halogens is 1. The predicted molar refractivity (Wildman–Crippen MR) is 152 cm³/mol. The molecule has 7 rings (SSSR count). The number of para-hydroxylation sites is 1. The average molecular weight is 560 g/mol. The Morgan fingerprint density at radius 3 is 2.80 bits per heavy atom. The van der Waals surface area contributed by atoms with E-state index in [2.05, 4.69) is 22.0 Å². The smallest absolute Gasteiger partial charge is 0.255 e. The number of nitrogens with zero attached hydrogens (tertiary/aromatic N) is 5. The Balaban J connectivity index is 1.28. The first kappa shape index (κ1) is 25.9. The summed E-state index contributed by atoms with van der Waals surface area (Å²) in [6, 6.07) is 9.35. The lowest BCUT2D eigenvalue weighted by molar-refractivity contribution is -0.119. The number of imidazole rings is 1. The number of carbonyl (C=O) groups is 2. The molecule has 0 unspecified atom stereocenters. The van der Waals surface area contributed by atoms with Gasteiger partial charge in [0.2, 0.25) is 5.91 Å². The molecule has 5 heterocycles. The highest BCUT2D eigenvalue weighted by Gasteiger charge is 2.30. The molecule has 2 atom stereocenters. The number of carbonyl (C=O) groups excluding carboxylic acids is 2. The van der Waals surface area contributed by atoms with Crippen molar-refractivity contribution in [1.29, 1.82) is 0 Å². The summed E-state index contributed by atoms with van der Waals surface area (Å²) in [6.45, 7) is 1.95. The van der Waals surface area contributed by atoms with E-state index in [1.165, 1.54) is 12.8 Å². The molecule has 1 aliphatic carbocycles. The van der Waals surface area contributed by atoms with E-state index in [0.717, 1.165) is 46.1 Å². The van der Waals surface area contributed by atoms with Crippen molar-refractivity contribution in [3.05, 3.63) is 41.6 Å². The summed E-state index contributed by atoms with van der Waals surface area (Å²) >= 11 is 0. The fourth-order valence-corrected chi connectivity index (χ4v) is 6.10. The fraction of sp³-hybridized carbons (Fsp3) is 0.467. The molecule has 2 amide bonds. The van der Waals surface area contributed by atoms with Gasteiger partial charge in [0.15, 0.2) is 11.5 Å². The highest BCUT2D eigenvalue weighted by molar-refractivity contribution is 5.99. The minimum absolute atomic E-state index is 0.0751. The minimum atomic E-state index is -0.696. The molecule has 10 nitrogen and oxygen atoms in total. The number of benzene rings is 1. The van der Waals surface area contributed by atoms with Crippen molar-refractivity contribution in [2.45, 2.75) is 38.3 Å². The number of aromatic nitrogens is 4. The Kier molecular flexibility index (Phi) is 6.41. The second-order valence-corrected chi connectivity index (χ2v) is 11.7. The largest absolute Gasteiger partial charge is 0.491 e. The topological polar surface area (TPSA) is 120 Å². The quantitative estimate of drug-likeness (QED) is 0.326. The van der Waals surface area contributed by atoms with Crippen LogP contribution < -0.4 is 15.8 Å². The van der Waals surface area contributed by atoms with Crippen molar-refractivity contribution in [1.82, 2.24) is 29.3 Å². The normalized spacial score (nSPS) is 19.7. The zero-order valence-corrected chi connectivity index (χ0v) is 23.1. The van der Waals surface area contributed by atoms with Crippen LogP contribution in [0.2, 0.25) is 0 Å². The van der Waals surface area contributed by atoms with Gasteiger partial charge in [-0.2, -0.15) is 0 Å². The molecule has 1 saturated heterocycles. The van der Waals surface area contributed by atoms with Crippen molar-refractivity contribution in [3.63, 3.8) is 0 Å². The third-order valence-electron chi connectivity index (χ3n) is 8.50. The highest BCUT2D eigenvalue weighted by Crippen LogP contribution is 2.39. The molecule has 0 bridgehead atoms. The van der Waals surface area contributed by atoms with Crippen molar-refractivity contribution >= 4 is 33.9 Å². The van der Waals surface area contributed by atoms with Gasteiger partial charge < -0.3 is 29.8 Å². The van der Waals surface area contributed by atoms with E-state index in [4.69, 9.17) is 20.4 Å². The molecule has 11 heteroatoms. The second-order valence-electron chi connectivity index (χ2n) is 11.7. The van der Waals surface area contributed by atoms with E-state index in [1.54, 1.807) is 4.90 Å². The minimum Gasteiger partial charge on any atom is -0.491 e. The molecule has 3 aliphatic rings. The van der Waals surface area contributed by atoms with Gasteiger partial charge in [0, 0.05) is 57.4 Å². The van der Waals surface area contributed by atoms with Crippen LogP contribution in [0.15, 0.2) is 30.3 Å². The SMILES string of the molecule is Cn1c(-c2cc3cccc(OC[C@@H]4CNC(=O)C4)c3n2CC2CC2)nc2cc3c(nc21)CCN(C[C@H](N)CF)C3=O. The number of alkyl halides is 1. The summed E-state index contributed by atoms with van der Waals surface area (Å²) in [7, 11) is 1.96. The number of nitrogens with two attached hydrogens (primary N) is 1. The van der Waals surface area contributed by atoms with E-state index >= 15 is 0 Å². The number of hydrogen-bond acceptors (Lipinski definition) is 6. The Morgan fingerprint density at radius 2 is 2.05 bits per heavy atom. The number of amides is 2. The number of nitrogens with one attached hydrogen (secondary N) is 1. The molecule has 0 radical (unpaired) electrons. The van der Waals surface area contributed by atoms with E-state index in [-0.39, 0.29) is 24.3 Å². The number of pyridine rings is 1. The highest BCUT2D eigenvalue weighted by atomic mass is 19.1. The van der Waals surface area contributed by atoms with Crippen molar-refractivity contribution in [2.75, 3.05) is 32.9 Å². The van der Waals surface area contributed by atoms with Crippen LogP contribution in [0.4, 0.5) is 4.39 Å². The number of aryl methyl sites for hydroxylation is 1. The molecule has 4 aromatic rings. The zero-order valence-electron chi connectivity index (χ0n) is 23.1. The van der Waals surface area contributed by atoms with Crippen LogP contribution in [0.3, 0.4) is 0 Å². The van der Waals surface area contributed by atoms with Gasteiger partial charge in [-0.1, -0.05) is 12.1 Å². The molecule has 2 aliphatic heterocycles. The second kappa shape index (κ2) is 10.1. The van der Waals surface area contributed by atoms with Gasteiger partial charge in [-0.15, -0.1) is 0 Å². The standard InChI is InChI=1S/C30H34FN7O3/c1-36-28-23(11-21-22(34-28)7-8-37(30(21)40)15-20(32)12-31)35-29(36)24-10-19-3-2-4-25(27(19)38(24)14-17-5-6-17)41-16-18-9-26(39)33-13-18/h2-4,10-11,17-18,20H,5-9,12-16,32H2,1H3,(H,33,39)/t18-,20+/m0/s1. The lowest BCUT2D eigenvalue weighted by atomic mass is 10.0. The first-order chi connectivity index (χ1) is 19.9. The van der Waals surface area contributed by atoms with Gasteiger partial charge in [-0.3, -0.25) is 9.59 Å². The molecule has 41 heavy (non-hydrogen) atoms. The Hall–Kier alpha value is -3.99. The molecule has 214 valence electrons. The number of fused-ring (bicyclic) bond motifs is 3. The Bertz CT molecular complexity index is 1670. The maximum atomic E-state index is 13.2. The fourth-order valence-electron chi connectivity index (χ4n) is 6.10. The van der Waals surface area contributed by atoms with Crippen LogP contribution in [0.1, 0.15) is 35.3 Å². The summed E-state index contributed by atoms with van der Waals surface area (Å²) in [6.07, 6.45) is 3.46. The van der Waals surface area contributed by atoms with Gasteiger partial charge >= 0.3 is 0 Å². The van der Waals surface area contributed by atoms with Crippen LogP contribution in [-0.2, 0) is 24.8 Å². The summed E-state index contributed by atoms with van der Waals surface area (Å²) in [4.78, 5) is 36.4. The first-order valence-electron chi connectivity index (χ1n) is 14.4. The van der Waals surface area contributed by atoms with Crippen LogP contribution in [-0.4, -0.2) is 74.8 Å². The molecular weight excluding hydrogens is 525 g/mol. The van der Waals surface area contributed by atoms with E-state index in [0.29, 0.717) is 49.5 Å². The maximum absolute atomic E-state index is 13.2. The molecule has 1 aromatic carbocycles. The molecule has 3 N–H and O–H groups in total. The molecular formula is C30H34FN7O3. The van der Waals surface area contributed by atoms with E-state index in [9.17, 15) is 14.0 Å². The third kappa shape index (κ3) is 4.71. The lowest BCUT2D eigenvalue weighted by Crippen LogP contribution is -2.45. The van der Waals surface area contributed by atoms with Crippen molar-refractivity contribution in [3.8, 4) is 17.3 Å². The summed E-state index contributed by atoms with van der Waals surface area (Å²) in [5, 5.41) is 3.95. The van der Waals surface area contributed by atoms with Crippen LogP contribution in [0.5, 0.6) is 5.75 Å². The third-order valence-corrected chi connectivity index (χ3v) is 8.50. The van der Waals surface area contributed by atoms with E-state index < -0.39 is 12.7 Å². The Morgan fingerprint density at radius 1 is 1.20 bits per heavy atom. The molecule has 0 spiro atoms. The van der Waals surface area contributed by atoms with Crippen molar-refractivity contribution in [2.24, 2.45) is 24.6 Å². The van der Waals surface area contributed by atoms with Crippen LogP contribution in [0.25, 0.3) is 33.6 Å². The van der Waals surface area contributed by atoms with Gasteiger partial charge in [-0.05, 0) is 37.0 Å². The summed E-state index contributed by atoms with van der Waals surface area (Å²) < 4.78 is 23.7. The Labute approximate surface area is 236 Å². The van der Waals surface area contributed by atoms with Crippen LogP contribution >= 0.6 is 0 Å². The maximum Gasteiger partial charge on any atom is 0.255 e. The molecule has 1 saturated carbocycles. The predicted octanol–water partition coefficient (Wildman–Crippen LogP) is 2.81. The zero-order chi connectivity index (χ0) is 28.2. The van der Waals surface area contributed by atoms with E-state index in [1.807, 2.05) is 29.8 Å². The number of ether oxygens (including phenoxy) is 1. The van der Waals surface area contributed by atoms with Crippen molar-refractivity contribution < 1.29 is 18.7 Å².